The molecule has 0 aromatic heterocycles. The molecule has 1 aliphatic carbocycles. The summed E-state index contributed by atoms with van der Waals surface area (Å²) in [6.07, 6.45) is 2.26. The summed E-state index contributed by atoms with van der Waals surface area (Å²) in [4.78, 5) is 23.9. The van der Waals surface area contributed by atoms with E-state index in [1.54, 1.807) is 0 Å². The van der Waals surface area contributed by atoms with Crippen molar-refractivity contribution in [2.75, 3.05) is 11.9 Å². The van der Waals surface area contributed by atoms with Gasteiger partial charge in [0, 0.05) is 5.69 Å². The second-order valence-corrected chi connectivity index (χ2v) is 6.20. The Kier molecular flexibility index (Phi) is 5.51. The van der Waals surface area contributed by atoms with Gasteiger partial charge >= 0.3 is 5.97 Å². The molecule has 6 heteroatoms. The van der Waals surface area contributed by atoms with Crippen LogP contribution in [-0.4, -0.2) is 24.6 Å². The quantitative estimate of drug-likeness (QED) is 0.806. The number of fused-ring (bicyclic) bond motifs is 1. The van der Waals surface area contributed by atoms with Gasteiger partial charge in [-0.1, -0.05) is 6.07 Å². The highest BCUT2D eigenvalue weighted by Gasteiger charge is 2.19. The molecule has 2 aromatic carbocycles. The van der Waals surface area contributed by atoms with Crippen molar-refractivity contribution in [2.24, 2.45) is 0 Å². The van der Waals surface area contributed by atoms with E-state index in [-0.39, 0.29) is 6.61 Å². The zero-order chi connectivity index (χ0) is 18.5. The van der Waals surface area contributed by atoms with Crippen molar-refractivity contribution >= 4 is 17.6 Å². The summed E-state index contributed by atoms with van der Waals surface area (Å²) in [7, 11) is 0. The number of hydrogen-bond acceptors (Lipinski definition) is 4. The van der Waals surface area contributed by atoms with Crippen molar-refractivity contribution in [3.8, 4) is 5.75 Å². The van der Waals surface area contributed by atoms with Gasteiger partial charge in [0.05, 0.1) is 0 Å². The number of halogens is 1. The molecule has 1 atom stereocenters. The Morgan fingerprint density at radius 2 is 1.85 bits per heavy atom. The highest BCUT2D eigenvalue weighted by molar-refractivity contribution is 5.95. The van der Waals surface area contributed by atoms with E-state index in [0.29, 0.717) is 11.4 Å². The number of nitrogens with one attached hydrogen (secondary N) is 1. The molecule has 0 fully saturated rings. The summed E-state index contributed by atoms with van der Waals surface area (Å²) in [5, 5.41) is 2.55. The SMILES string of the molecule is C[C@H](OC(=O)COc1ccc2c(c1)CCC2)C(=O)Nc1ccc(F)cc1. The molecule has 1 N–H and O–H groups in total. The van der Waals surface area contributed by atoms with Crippen LogP contribution in [0.2, 0.25) is 0 Å². The van der Waals surface area contributed by atoms with Gasteiger partial charge in [0.25, 0.3) is 5.91 Å². The van der Waals surface area contributed by atoms with Crippen molar-refractivity contribution in [2.45, 2.75) is 32.3 Å². The molecule has 0 saturated heterocycles. The third-order valence-corrected chi connectivity index (χ3v) is 4.22. The lowest BCUT2D eigenvalue weighted by atomic mass is 10.1. The maximum atomic E-state index is 12.9. The monoisotopic (exact) mass is 357 g/mol. The number of hydrogen-bond donors (Lipinski definition) is 1. The van der Waals surface area contributed by atoms with Crippen LogP contribution in [0.1, 0.15) is 24.5 Å². The highest BCUT2D eigenvalue weighted by Crippen LogP contribution is 2.26. The Balaban J connectivity index is 1.46. The van der Waals surface area contributed by atoms with Gasteiger partial charge < -0.3 is 14.8 Å². The standard InChI is InChI=1S/C20H20FNO4/c1-13(20(24)22-17-8-6-16(21)7-9-17)26-19(23)12-25-18-10-5-14-3-2-4-15(14)11-18/h5-11,13H,2-4,12H2,1H3,(H,22,24)/t13-/m0/s1. The summed E-state index contributed by atoms with van der Waals surface area (Å²) in [5.74, 6) is -0.910. The predicted molar refractivity (Wildman–Crippen MR) is 94.5 cm³/mol. The zero-order valence-corrected chi connectivity index (χ0v) is 14.5. The lowest BCUT2D eigenvalue weighted by Crippen LogP contribution is -2.31. The molecule has 5 nitrogen and oxygen atoms in total. The zero-order valence-electron chi connectivity index (χ0n) is 14.5. The van der Waals surface area contributed by atoms with Crippen LogP contribution in [0.15, 0.2) is 42.5 Å². The minimum absolute atomic E-state index is 0.271. The van der Waals surface area contributed by atoms with E-state index in [1.807, 2.05) is 18.2 Å². The minimum Gasteiger partial charge on any atom is -0.482 e. The van der Waals surface area contributed by atoms with Crippen LogP contribution < -0.4 is 10.1 Å². The first kappa shape index (κ1) is 17.9. The maximum Gasteiger partial charge on any atom is 0.344 e. The highest BCUT2D eigenvalue weighted by atomic mass is 19.1. The van der Waals surface area contributed by atoms with E-state index in [1.165, 1.54) is 42.3 Å². The first-order valence-corrected chi connectivity index (χ1v) is 8.52. The van der Waals surface area contributed by atoms with Crippen LogP contribution >= 0.6 is 0 Å². The smallest absolute Gasteiger partial charge is 0.344 e. The maximum absolute atomic E-state index is 12.9. The molecule has 0 spiro atoms. The first-order valence-electron chi connectivity index (χ1n) is 8.52. The van der Waals surface area contributed by atoms with Crippen LogP contribution in [0.25, 0.3) is 0 Å². The van der Waals surface area contributed by atoms with Gasteiger partial charge in [-0.2, -0.15) is 0 Å². The Morgan fingerprint density at radius 1 is 1.12 bits per heavy atom. The number of aryl methyl sites for hydroxylation is 2. The van der Waals surface area contributed by atoms with Crippen LogP contribution in [0.4, 0.5) is 10.1 Å². The molecule has 0 radical (unpaired) electrons. The molecule has 0 aliphatic heterocycles. The molecular weight excluding hydrogens is 337 g/mol. The van der Waals surface area contributed by atoms with E-state index < -0.39 is 23.8 Å². The van der Waals surface area contributed by atoms with E-state index in [0.717, 1.165) is 19.3 Å². The van der Waals surface area contributed by atoms with E-state index in [9.17, 15) is 14.0 Å². The molecule has 3 rings (SSSR count). The van der Waals surface area contributed by atoms with E-state index in [2.05, 4.69) is 5.32 Å². The number of amides is 1. The number of esters is 1. The molecule has 136 valence electrons. The Bertz CT molecular complexity index is 804. The summed E-state index contributed by atoms with van der Waals surface area (Å²) < 4.78 is 23.4. The Hall–Kier alpha value is -2.89. The fourth-order valence-corrected chi connectivity index (χ4v) is 2.84. The summed E-state index contributed by atoms with van der Waals surface area (Å²) in [6.45, 7) is 1.19. The van der Waals surface area contributed by atoms with Crippen molar-refractivity contribution in [1.82, 2.24) is 0 Å². The Morgan fingerprint density at radius 3 is 2.62 bits per heavy atom. The number of rotatable bonds is 6. The second kappa shape index (κ2) is 7.99. The molecule has 1 amide bonds. The molecule has 0 saturated carbocycles. The van der Waals surface area contributed by atoms with Crippen molar-refractivity contribution in [3.05, 3.63) is 59.4 Å². The number of carbonyl (C=O) groups excluding carboxylic acids is 2. The van der Waals surface area contributed by atoms with Crippen molar-refractivity contribution in [3.63, 3.8) is 0 Å². The van der Waals surface area contributed by atoms with Gasteiger partial charge in [-0.25, -0.2) is 9.18 Å². The average molecular weight is 357 g/mol. The number of carbonyl (C=O) groups is 2. The predicted octanol–water partition coefficient (Wildman–Crippen LogP) is 3.26. The van der Waals surface area contributed by atoms with Gasteiger partial charge in [0.1, 0.15) is 11.6 Å². The van der Waals surface area contributed by atoms with Gasteiger partial charge in [-0.05, 0) is 73.7 Å². The third kappa shape index (κ3) is 4.59. The lowest BCUT2D eigenvalue weighted by Gasteiger charge is -2.14. The van der Waals surface area contributed by atoms with Crippen LogP contribution in [0.5, 0.6) is 5.75 Å². The molecule has 0 heterocycles. The average Bonchev–Trinajstić information content (AvgIpc) is 3.09. The van der Waals surface area contributed by atoms with Crippen LogP contribution in [0, 0.1) is 5.82 Å². The summed E-state index contributed by atoms with van der Waals surface area (Å²) >= 11 is 0. The molecule has 26 heavy (non-hydrogen) atoms. The van der Waals surface area contributed by atoms with Crippen LogP contribution in [-0.2, 0) is 27.2 Å². The van der Waals surface area contributed by atoms with Gasteiger partial charge in [-0.15, -0.1) is 0 Å². The van der Waals surface area contributed by atoms with Crippen molar-refractivity contribution in [1.29, 1.82) is 0 Å². The minimum atomic E-state index is -0.990. The fraction of sp³-hybridized carbons (Fsp3) is 0.300. The van der Waals surface area contributed by atoms with Crippen LogP contribution in [0.3, 0.4) is 0 Å². The summed E-state index contributed by atoms with van der Waals surface area (Å²) in [6, 6.07) is 11.1. The van der Waals surface area contributed by atoms with Gasteiger partial charge in [0.15, 0.2) is 12.7 Å². The van der Waals surface area contributed by atoms with Crippen molar-refractivity contribution < 1.29 is 23.5 Å². The summed E-state index contributed by atoms with van der Waals surface area (Å²) in [5.41, 5.74) is 3.00. The molecule has 0 unspecified atom stereocenters. The van der Waals surface area contributed by atoms with Gasteiger partial charge in [-0.3, -0.25) is 4.79 Å². The lowest BCUT2D eigenvalue weighted by molar-refractivity contribution is -0.155. The topological polar surface area (TPSA) is 64.6 Å². The largest absolute Gasteiger partial charge is 0.482 e. The fourth-order valence-electron chi connectivity index (χ4n) is 2.84. The molecular formula is C20H20FNO4. The Labute approximate surface area is 151 Å². The normalized spacial score (nSPS) is 13.6. The van der Waals surface area contributed by atoms with E-state index in [4.69, 9.17) is 9.47 Å². The molecule has 1 aliphatic rings. The molecule has 0 bridgehead atoms. The number of benzene rings is 2. The first-order chi connectivity index (χ1) is 12.5. The third-order valence-electron chi connectivity index (χ3n) is 4.22. The number of anilines is 1. The molecule has 2 aromatic rings. The van der Waals surface area contributed by atoms with E-state index >= 15 is 0 Å². The second-order valence-electron chi connectivity index (χ2n) is 6.20. The van der Waals surface area contributed by atoms with Gasteiger partial charge in [0.2, 0.25) is 0 Å². The number of ether oxygens (including phenoxy) is 2.